The Hall–Kier alpha value is -2.84. The van der Waals surface area contributed by atoms with Crippen LogP contribution in [0.5, 0.6) is 0 Å². The number of halogens is 1. The molecule has 8 heteroatoms. The van der Waals surface area contributed by atoms with E-state index in [2.05, 4.69) is 10.2 Å². The second-order valence-electron chi connectivity index (χ2n) is 5.72. The number of hydrogen-bond donors (Lipinski definition) is 0. The van der Waals surface area contributed by atoms with Crippen molar-refractivity contribution in [2.75, 3.05) is 5.75 Å². The largest absolute Gasteiger partial charge is 0.272 e. The van der Waals surface area contributed by atoms with Gasteiger partial charge in [0.15, 0.2) is 4.32 Å². The second-order valence-corrected chi connectivity index (χ2v) is 7.33. The van der Waals surface area contributed by atoms with Crippen molar-refractivity contribution in [3.8, 4) is 16.9 Å². The number of para-hydroxylation sites is 1. The molecule has 1 saturated heterocycles. The number of carbonyl (C=O) groups excluding carboxylic acids is 1. The quantitative estimate of drug-likeness (QED) is 0.496. The van der Waals surface area contributed by atoms with Crippen LogP contribution in [0.3, 0.4) is 0 Å². The fraction of sp³-hybridized carbons (Fsp3) is 0.0526. The molecule has 0 radical (unpaired) electrons. The summed E-state index contributed by atoms with van der Waals surface area (Å²) in [6.07, 6.45) is 3.37. The first-order chi connectivity index (χ1) is 13.1. The molecule has 1 aliphatic heterocycles. The molecule has 1 fully saturated rings. The van der Waals surface area contributed by atoms with Crippen LogP contribution >= 0.6 is 24.0 Å². The molecule has 2 heterocycles. The third kappa shape index (κ3) is 3.67. The fourth-order valence-corrected chi connectivity index (χ4v) is 3.57. The number of hydrogen-bond acceptors (Lipinski definition) is 5. The summed E-state index contributed by atoms with van der Waals surface area (Å²) in [6.45, 7) is 0. The number of thioether (sulfide) groups is 1. The van der Waals surface area contributed by atoms with E-state index < -0.39 is 0 Å². The highest BCUT2D eigenvalue weighted by atomic mass is 32.2. The van der Waals surface area contributed by atoms with Gasteiger partial charge in [-0.05, 0) is 36.4 Å². The third-order valence-electron chi connectivity index (χ3n) is 3.92. The summed E-state index contributed by atoms with van der Waals surface area (Å²) in [6, 6.07) is 15.7. The molecule has 1 aliphatic rings. The summed E-state index contributed by atoms with van der Waals surface area (Å²) in [5.74, 6) is -0.175. The maximum absolute atomic E-state index is 13.3. The summed E-state index contributed by atoms with van der Waals surface area (Å²) < 4.78 is 15.4. The predicted molar refractivity (Wildman–Crippen MR) is 108 cm³/mol. The summed E-state index contributed by atoms with van der Waals surface area (Å²) >= 11 is 6.43. The Kier molecular flexibility index (Phi) is 4.83. The van der Waals surface area contributed by atoms with E-state index in [4.69, 9.17) is 12.2 Å². The standard InChI is InChI=1S/C19H13FN4OS2/c20-15-8-6-13(7-9-15)18-14(10-21-24-17(25)12-27-19(24)26)11-23(22-18)16-4-2-1-3-5-16/h1-11H,12H2. The van der Waals surface area contributed by atoms with Crippen molar-refractivity contribution >= 4 is 40.4 Å². The summed E-state index contributed by atoms with van der Waals surface area (Å²) in [4.78, 5) is 11.9. The number of carbonyl (C=O) groups is 1. The molecule has 0 unspecified atom stereocenters. The molecule has 1 aromatic heterocycles. The van der Waals surface area contributed by atoms with E-state index in [-0.39, 0.29) is 11.7 Å². The van der Waals surface area contributed by atoms with Gasteiger partial charge in [-0.15, -0.1) is 0 Å². The van der Waals surface area contributed by atoms with Crippen molar-refractivity contribution < 1.29 is 9.18 Å². The highest BCUT2D eigenvalue weighted by Gasteiger charge is 2.26. The van der Waals surface area contributed by atoms with Gasteiger partial charge in [-0.25, -0.2) is 9.07 Å². The number of nitrogens with zero attached hydrogens (tertiary/aromatic N) is 4. The van der Waals surface area contributed by atoms with Crippen LogP contribution in [-0.2, 0) is 4.79 Å². The minimum atomic E-state index is -0.318. The second kappa shape index (κ2) is 7.42. The molecule has 2 aromatic carbocycles. The minimum Gasteiger partial charge on any atom is -0.272 e. The lowest BCUT2D eigenvalue weighted by molar-refractivity contribution is -0.123. The topological polar surface area (TPSA) is 50.5 Å². The smallest absolute Gasteiger partial charge is 0.259 e. The molecule has 0 saturated carbocycles. The van der Waals surface area contributed by atoms with Crippen LogP contribution in [-0.4, -0.2) is 37.0 Å². The molecule has 4 rings (SSSR count). The number of aromatic nitrogens is 2. The van der Waals surface area contributed by atoms with Gasteiger partial charge in [-0.1, -0.05) is 42.2 Å². The van der Waals surface area contributed by atoms with Crippen molar-refractivity contribution in [3.05, 3.63) is 72.2 Å². The van der Waals surface area contributed by atoms with Gasteiger partial charge in [0.05, 0.1) is 17.7 Å². The van der Waals surface area contributed by atoms with Crippen LogP contribution in [0.1, 0.15) is 5.56 Å². The van der Waals surface area contributed by atoms with E-state index in [0.29, 0.717) is 21.3 Å². The van der Waals surface area contributed by atoms with E-state index >= 15 is 0 Å². The highest BCUT2D eigenvalue weighted by Crippen LogP contribution is 2.24. The van der Waals surface area contributed by atoms with Crippen LogP contribution < -0.4 is 0 Å². The monoisotopic (exact) mass is 396 g/mol. The molecule has 27 heavy (non-hydrogen) atoms. The van der Waals surface area contributed by atoms with Crippen LogP contribution in [0.4, 0.5) is 4.39 Å². The van der Waals surface area contributed by atoms with Gasteiger partial charge in [0.25, 0.3) is 5.91 Å². The Morgan fingerprint density at radius 2 is 1.89 bits per heavy atom. The molecule has 3 aromatic rings. The predicted octanol–water partition coefficient (Wildman–Crippen LogP) is 3.87. The van der Waals surface area contributed by atoms with Crippen molar-refractivity contribution in [1.82, 2.24) is 14.8 Å². The molecular formula is C19H13FN4OS2. The maximum atomic E-state index is 13.3. The van der Waals surface area contributed by atoms with E-state index in [1.807, 2.05) is 36.5 Å². The van der Waals surface area contributed by atoms with E-state index in [0.717, 1.165) is 11.3 Å². The fourth-order valence-electron chi connectivity index (χ4n) is 2.61. The molecule has 1 amide bonds. The van der Waals surface area contributed by atoms with Crippen LogP contribution in [0, 0.1) is 5.82 Å². The Balaban J connectivity index is 1.76. The number of amides is 1. The Morgan fingerprint density at radius 3 is 2.56 bits per heavy atom. The van der Waals surface area contributed by atoms with Gasteiger partial charge in [-0.3, -0.25) is 4.79 Å². The minimum absolute atomic E-state index is 0.153. The van der Waals surface area contributed by atoms with Crippen LogP contribution in [0.25, 0.3) is 16.9 Å². The maximum Gasteiger partial charge on any atom is 0.259 e. The van der Waals surface area contributed by atoms with E-state index in [1.54, 1.807) is 23.0 Å². The molecular weight excluding hydrogens is 383 g/mol. The normalized spacial score (nSPS) is 14.5. The summed E-state index contributed by atoms with van der Waals surface area (Å²) in [5.41, 5.74) is 2.95. The molecule has 0 bridgehead atoms. The number of benzene rings is 2. The van der Waals surface area contributed by atoms with Gasteiger partial charge in [0, 0.05) is 17.3 Å². The van der Waals surface area contributed by atoms with Crippen molar-refractivity contribution in [2.45, 2.75) is 0 Å². The van der Waals surface area contributed by atoms with E-state index in [1.165, 1.54) is 28.9 Å². The van der Waals surface area contributed by atoms with Crippen LogP contribution in [0.2, 0.25) is 0 Å². The first-order valence-electron chi connectivity index (χ1n) is 8.06. The lowest BCUT2D eigenvalue weighted by Crippen LogP contribution is -2.22. The first kappa shape index (κ1) is 17.6. The Morgan fingerprint density at radius 1 is 1.15 bits per heavy atom. The van der Waals surface area contributed by atoms with Gasteiger partial charge < -0.3 is 0 Å². The van der Waals surface area contributed by atoms with Gasteiger partial charge in [0.1, 0.15) is 11.5 Å². The molecule has 0 atom stereocenters. The summed E-state index contributed by atoms with van der Waals surface area (Å²) in [5, 5.41) is 10.1. The van der Waals surface area contributed by atoms with Crippen molar-refractivity contribution in [2.24, 2.45) is 5.10 Å². The van der Waals surface area contributed by atoms with Gasteiger partial charge in [0.2, 0.25) is 0 Å². The van der Waals surface area contributed by atoms with Crippen molar-refractivity contribution in [3.63, 3.8) is 0 Å². The Bertz CT molecular complexity index is 1020. The zero-order valence-corrected chi connectivity index (χ0v) is 15.6. The number of thiocarbonyl (C=S) groups is 1. The molecule has 134 valence electrons. The molecule has 0 aliphatic carbocycles. The first-order valence-corrected chi connectivity index (χ1v) is 9.46. The number of rotatable bonds is 4. The lowest BCUT2D eigenvalue weighted by Gasteiger charge is -2.06. The number of hydrazone groups is 1. The average Bonchev–Trinajstić information content (AvgIpc) is 3.25. The SMILES string of the molecule is O=C1CSC(=S)N1N=Cc1cn(-c2ccccc2)nc1-c1ccc(F)cc1. The zero-order valence-electron chi connectivity index (χ0n) is 13.9. The molecule has 5 nitrogen and oxygen atoms in total. The Labute approximate surface area is 164 Å². The van der Waals surface area contributed by atoms with Gasteiger partial charge >= 0.3 is 0 Å². The van der Waals surface area contributed by atoms with Gasteiger partial charge in [-0.2, -0.15) is 15.2 Å². The molecule has 0 N–H and O–H groups in total. The third-order valence-corrected chi connectivity index (χ3v) is 5.26. The average molecular weight is 396 g/mol. The zero-order chi connectivity index (χ0) is 18.8. The molecule has 0 spiro atoms. The van der Waals surface area contributed by atoms with Crippen LogP contribution in [0.15, 0.2) is 65.9 Å². The van der Waals surface area contributed by atoms with Crippen molar-refractivity contribution in [1.29, 1.82) is 0 Å². The van der Waals surface area contributed by atoms with E-state index in [9.17, 15) is 9.18 Å². The summed E-state index contributed by atoms with van der Waals surface area (Å²) in [7, 11) is 0. The highest BCUT2D eigenvalue weighted by molar-refractivity contribution is 8.23. The lowest BCUT2D eigenvalue weighted by atomic mass is 10.1.